The summed E-state index contributed by atoms with van der Waals surface area (Å²) in [6.45, 7) is 8.65. The van der Waals surface area contributed by atoms with Crippen LogP contribution in [0.25, 0.3) is 0 Å². The fourth-order valence-corrected chi connectivity index (χ4v) is 2.73. The lowest BCUT2D eigenvalue weighted by Gasteiger charge is -2.27. The number of amides is 1. The maximum atomic E-state index is 12.6. The Kier molecular flexibility index (Phi) is 7.89. The zero-order valence-electron chi connectivity index (χ0n) is 15.7. The summed E-state index contributed by atoms with van der Waals surface area (Å²) in [5.41, 5.74) is 0.516. The van der Waals surface area contributed by atoms with Crippen molar-refractivity contribution in [3.05, 3.63) is 29.8 Å². The number of para-hydroxylation sites is 1. The SMILES string of the molecule is CCS(=O)(=O)Oc1ccccc1CN(CCOC)C(=O)CC(C)(C)C. The highest BCUT2D eigenvalue weighted by Gasteiger charge is 2.23. The summed E-state index contributed by atoms with van der Waals surface area (Å²) in [6.07, 6.45) is 0.396. The molecule has 0 saturated heterocycles. The van der Waals surface area contributed by atoms with E-state index in [0.29, 0.717) is 25.1 Å². The molecule has 0 radical (unpaired) electrons. The molecule has 1 aromatic carbocycles. The van der Waals surface area contributed by atoms with E-state index in [9.17, 15) is 13.2 Å². The Morgan fingerprint density at radius 2 is 1.84 bits per heavy atom. The van der Waals surface area contributed by atoms with Gasteiger partial charge < -0.3 is 13.8 Å². The quantitative estimate of drug-likeness (QED) is 0.624. The van der Waals surface area contributed by atoms with Crippen molar-refractivity contribution >= 4 is 16.0 Å². The normalized spacial score (nSPS) is 12.0. The van der Waals surface area contributed by atoms with Crippen LogP contribution in [0.3, 0.4) is 0 Å². The first-order valence-corrected chi connectivity index (χ1v) is 9.92. The summed E-state index contributed by atoms with van der Waals surface area (Å²) < 4.78 is 33.8. The lowest BCUT2D eigenvalue weighted by molar-refractivity contribution is -0.134. The predicted octanol–water partition coefficient (Wildman–Crippen LogP) is 2.83. The largest absolute Gasteiger partial charge is 0.383 e. The molecule has 0 unspecified atom stereocenters. The molecule has 1 rings (SSSR count). The molecule has 0 spiro atoms. The second-order valence-corrected chi connectivity index (χ2v) is 8.94. The number of benzene rings is 1. The number of carbonyl (C=O) groups is 1. The van der Waals surface area contributed by atoms with Gasteiger partial charge in [0.2, 0.25) is 5.91 Å². The topological polar surface area (TPSA) is 72.9 Å². The minimum absolute atomic E-state index is 0.00213. The van der Waals surface area contributed by atoms with E-state index in [1.807, 2.05) is 20.8 Å². The fraction of sp³-hybridized carbons (Fsp3) is 0.611. The van der Waals surface area contributed by atoms with Gasteiger partial charge in [0.25, 0.3) is 0 Å². The molecule has 0 saturated carbocycles. The standard InChI is InChI=1S/C18H29NO5S/c1-6-25(21,22)24-16-10-8-7-9-15(16)14-19(11-12-23-5)17(20)13-18(2,3)4/h7-10H,6,11-14H2,1-5H3. The van der Waals surface area contributed by atoms with Crippen LogP contribution >= 0.6 is 0 Å². The van der Waals surface area contributed by atoms with Crippen LogP contribution in [0.5, 0.6) is 5.75 Å². The number of hydrogen-bond donors (Lipinski definition) is 0. The van der Waals surface area contributed by atoms with Crippen molar-refractivity contribution in [2.75, 3.05) is 26.0 Å². The first-order chi connectivity index (χ1) is 11.6. The second kappa shape index (κ2) is 9.20. The van der Waals surface area contributed by atoms with E-state index in [1.54, 1.807) is 36.3 Å². The van der Waals surface area contributed by atoms with E-state index in [4.69, 9.17) is 8.92 Å². The fourth-order valence-electron chi connectivity index (χ4n) is 2.18. The van der Waals surface area contributed by atoms with Gasteiger partial charge in [-0.2, -0.15) is 8.42 Å². The van der Waals surface area contributed by atoms with E-state index in [0.717, 1.165) is 0 Å². The van der Waals surface area contributed by atoms with Crippen molar-refractivity contribution in [1.29, 1.82) is 0 Å². The van der Waals surface area contributed by atoms with Gasteiger partial charge in [-0.3, -0.25) is 4.79 Å². The molecule has 0 aliphatic heterocycles. The summed E-state index contributed by atoms with van der Waals surface area (Å²) in [5.74, 6) is 0.144. The van der Waals surface area contributed by atoms with E-state index in [-0.39, 0.29) is 29.4 Å². The van der Waals surface area contributed by atoms with Crippen molar-refractivity contribution in [2.24, 2.45) is 5.41 Å². The molecule has 1 amide bonds. The van der Waals surface area contributed by atoms with Gasteiger partial charge in [-0.15, -0.1) is 0 Å². The van der Waals surface area contributed by atoms with Gasteiger partial charge in [-0.1, -0.05) is 39.0 Å². The molecule has 0 aliphatic carbocycles. The smallest absolute Gasteiger partial charge is 0.308 e. The zero-order valence-corrected chi connectivity index (χ0v) is 16.6. The first kappa shape index (κ1) is 21.4. The maximum absolute atomic E-state index is 12.6. The van der Waals surface area contributed by atoms with Crippen LogP contribution in [-0.2, 0) is 26.2 Å². The van der Waals surface area contributed by atoms with Gasteiger partial charge in [-0.05, 0) is 18.4 Å². The summed E-state index contributed by atoms with van der Waals surface area (Å²) in [6, 6.07) is 6.87. The molecule has 0 atom stereocenters. The van der Waals surface area contributed by atoms with Crippen LogP contribution in [0.2, 0.25) is 0 Å². The summed E-state index contributed by atoms with van der Waals surface area (Å²) in [4.78, 5) is 14.3. The van der Waals surface area contributed by atoms with Crippen molar-refractivity contribution in [1.82, 2.24) is 4.90 Å². The average Bonchev–Trinajstić information content (AvgIpc) is 2.51. The molecule has 0 aliphatic rings. The van der Waals surface area contributed by atoms with Crippen LogP contribution in [0, 0.1) is 5.41 Å². The molecule has 0 aromatic heterocycles. The molecule has 7 heteroatoms. The van der Waals surface area contributed by atoms with Crippen molar-refractivity contribution in [2.45, 2.75) is 40.7 Å². The van der Waals surface area contributed by atoms with Gasteiger partial charge in [0.15, 0.2) is 0 Å². The van der Waals surface area contributed by atoms with Gasteiger partial charge in [0.05, 0.1) is 12.4 Å². The molecular formula is C18H29NO5S. The van der Waals surface area contributed by atoms with Crippen molar-refractivity contribution in [3.63, 3.8) is 0 Å². The van der Waals surface area contributed by atoms with E-state index in [1.165, 1.54) is 6.92 Å². The molecule has 0 heterocycles. The highest BCUT2D eigenvalue weighted by atomic mass is 32.2. The Balaban J connectivity index is 3.02. The number of rotatable bonds is 9. The van der Waals surface area contributed by atoms with E-state index in [2.05, 4.69) is 0 Å². The number of methoxy groups -OCH3 is 1. The lowest BCUT2D eigenvalue weighted by atomic mass is 9.91. The van der Waals surface area contributed by atoms with Gasteiger partial charge in [0, 0.05) is 32.2 Å². The Morgan fingerprint density at radius 1 is 1.20 bits per heavy atom. The third-order valence-corrected chi connectivity index (χ3v) is 4.64. The second-order valence-electron chi connectivity index (χ2n) is 7.08. The van der Waals surface area contributed by atoms with Crippen molar-refractivity contribution in [3.8, 4) is 5.75 Å². The minimum Gasteiger partial charge on any atom is -0.383 e. The molecular weight excluding hydrogens is 342 g/mol. The molecule has 1 aromatic rings. The van der Waals surface area contributed by atoms with Gasteiger partial charge in [-0.25, -0.2) is 0 Å². The molecule has 0 N–H and O–H groups in total. The van der Waals surface area contributed by atoms with E-state index >= 15 is 0 Å². The minimum atomic E-state index is -3.62. The Hall–Kier alpha value is -1.60. The van der Waals surface area contributed by atoms with Gasteiger partial charge >= 0.3 is 10.1 Å². The zero-order chi connectivity index (χ0) is 19.1. The van der Waals surface area contributed by atoms with Crippen LogP contribution in [0.15, 0.2) is 24.3 Å². The van der Waals surface area contributed by atoms with Crippen molar-refractivity contribution < 1.29 is 22.1 Å². The average molecular weight is 371 g/mol. The number of carbonyl (C=O) groups excluding carboxylic acids is 1. The molecule has 25 heavy (non-hydrogen) atoms. The van der Waals surface area contributed by atoms with Crippen LogP contribution in [-0.4, -0.2) is 45.2 Å². The van der Waals surface area contributed by atoms with Crippen LogP contribution < -0.4 is 4.18 Å². The summed E-state index contributed by atoms with van der Waals surface area (Å²) in [5, 5.41) is 0. The van der Waals surface area contributed by atoms with Crippen LogP contribution in [0.4, 0.5) is 0 Å². The van der Waals surface area contributed by atoms with Crippen LogP contribution in [0.1, 0.15) is 39.7 Å². The summed E-state index contributed by atoms with van der Waals surface area (Å²) in [7, 11) is -2.04. The number of nitrogens with zero attached hydrogens (tertiary/aromatic N) is 1. The summed E-state index contributed by atoms with van der Waals surface area (Å²) >= 11 is 0. The lowest BCUT2D eigenvalue weighted by Crippen LogP contribution is -2.35. The van der Waals surface area contributed by atoms with E-state index < -0.39 is 10.1 Å². The first-order valence-electron chi connectivity index (χ1n) is 8.35. The molecule has 142 valence electrons. The third-order valence-electron chi connectivity index (χ3n) is 3.50. The monoisotopic (exact) mass is 371 g/mol. The Bertz CT molecular complexity index is 664. The predicted molar refractivity (Wildman–Crippen MR) is 97.9 cm³/mol. The maximum Gasteiger partial charge on any atom is 0.308 e. The molecule has 0 fully saturated rings. The number of hydrogen-bond acceptors (Lipinski definition) is 5. The molecule has 6 nitrogen and oxygen atoms in total. The Morgan fingerprint density at radius 3 is 2.40 bits per heavy atom. The Labute approximate surface area is 151 Å². The van der Waals surface area contributed by atoms with Gasteiger partial charge in [0.1, 0.15) is 5.75 Å². The number of ether oxygens (including phenoxy) is 1. The molecule has 0 bridgehead atoms. The highest BCUT2D eigenvalue weighted by molar-refractivity contribution is 7.87. The third kappa shape index (κ3) is 7.88. The highest BCUT2D eigenvalue weighted by Crippen LogP contribution is 2.24.